The molecule has 1 rings (SSSR count). The van der Waals surface area contributed by atoms with Crippen LogP contribution in [0.1, 0.15) is 38.3 Å². The van der Waals surface area contributed by atoms with Gasteiger partial charge in [-0.05, 0) is 18.1 Å². The molecule has 2 atom stereocenters. The first-order valence-electron chi connectivity index (χ1n) is 7.38. The van der Waals surface area contributed by atoms with Gasteiger partial charge in [0.2, 0.25) is 11.8 Å². The Morgan fingerprint density at radius 2 is 1.91 bits per heavy atom. The normalized spacial score (nSPS) is 13.0. The Morgan fingerprint density at radius 3 is 2.48 bits per heavy atom. The van der Waals surface area contributed by atoms with E-state index < -0.39 is 17.9 Å². The maximum atomic E-state index is 12.0. The van der Waals surface area contributed by atoms with Crippen LogP contribution in [-0.2, 0) is 14.4 Å². The third-order valence-electron chi connectivity index (χ3n) is 3.48. The standard InChI is InChI=1S/C16H21ClN2O4/c1-3-10(2)16(23)18-9-14(20)19-13(8-15(21)22)11-6-4-5-7-12(11)17/h4-7,10,13H,3,8-9H2,1-2H3,(H,18,23)(H,19,20)(H,21,22). The van der Waals surface area contributed by atoms with Crippen LogP contribution in [0, 0.1) is 5.92 Å². The highest BCUT2D eigenvalue weighted by Gasteiger charge is 2.20. The first-order chi connectivity index (χ1) is 10.8. The van der Waals surface area contributed by atoms with Gasteiger partial charge in [-0.1, -0.05) is 43.6 Å². The summed E-state index contributed by atoms with van der Waals surface area (Å²) in [4.78, 5) is 34.6. The summed E-state index contributed by atoms with van der Waals surface area (Å²) in [5, 5.41) is 14.5. The van der Waals surface area contributed by atoms with Crippen LogP contribution in [0.5, 0.6) is 0 Å². The number of halogens is 1. The van der Waals surface area contributed by atoms with E-state index in [-0.39, 0.29) is 24.8 Å². The lowest BCUT2D eigenvalue weighted by molar-refractivity contribution is -0.138. The smallest absolute Gasteiger partial charge is 0.305 e. The molecule has 0 bridgehead atoms. The molecular weight excluding hydrogens is 320 g/mol. The molecule has 0 heterocycles. The first kappa shape index (κ1) is 19.0. The van der Waals surface area contributed by atoms with Gasteiger partial charge < -0.3 is 15.7 Å². The SMILES string of the molecule is CCC(C)C(=O)NCC(=O)NC(CC(=O)O)c1ccccc1Cl. The van der Waals surface area contributed by atoms with Gasteiger partial charge in [0.15, 0.2) is 0 Å². The molecule has 0 saturated heterocycles. The van der Waals surface area contributed by atoms with Gasteiger partial charge in [0, 0.05) is 10.9 Å². The zero-order valence-electron chi connectivity index (χ0n) is 13.1. The fourth-order valence-corrected chi connectivity index (χ4v) is 2.21. The molecular formula is C16H21ClN2O4. The lowest BCUT2D eigenvalue weighted by atomic mass is 10.0. The molecule has 23 heavy (non-hydrogen) atoms. The zero-order chi connectivity index (χ0) is 17.4. The minimum absolute atomic E-state index is 0.179. The molecule has 3 N–H and O–H groups in total. The van der Waals surface area contributed by atoms with Gasteiger partial charge in [-0.3, -0.25) is 14.4 Å². The van der Waals surface area contributed by atoms with E-state index in [0.717, 1.165) is 0 Å². The number of hydrogen-bond acceptors (Lipinski definition) is 3. The molecule has 0 radical (unpaired) electrons. The van der Waals surface area contributed by atoms with Crippen LogP contribution in [0.4, 0.5) is 0 Å². The summed E-state index contributed by atoms with van der Waals surface area (Å²) < 4.78 is 0. The first-order valence-corrected chi connectivity index (χ1v) is 7.76. The highest BCUT2D eigenvalue weighted by molar-refractivity contribution is 6.31. The number of aliphatic carboxylic acids is 1. The van der Waals surface area contributed by atoms with Gasteiger partial charge in [-0.15, -0.1) is 0 Å². The molecule has 0 fully saturated rings. The lowest BCUT2D eigenvalue weighted by Crippen LogP contribution is -2.40. The summed E-state index contributed by atoms with van der Waals surface area (Å²) in [7, 11) is 0. The van der Waals surface area contributed by atoms with Crippen molar-refractivity contribution in [3.05, 3.63) is 34.9 Å². The minimum atomic E-state index is -1.06. The van der Waals surface area contributed by atoms with Crippen LogP contribution in [0.15, 0.2) is 24.3 Å². The highest BCUT2D eigenvalue weighted by Crippen LogP contribution is 2.24. The molecule has 0 spiro atoms. The van der Waals surface area contributed by atoms with Crippen molar-refractivity contribution in [3.8, 4) is 0 Å². The number of carbonyl (C=O) groups is 3. The summed E-state index contributed by atoms with van der Waals surface area (Å²) in [5.74, 6) is -1.91. The van der Waals surface area contributed by atoms with Crippen molar-refractivity contribution in [1.29, 1.82) is 0 Å². The molecule has 0 aliphatic heterocycles. The molecule has 2 unspecified atom stereocenters. The van der Waals surface area contributed by atoms with Crippen molar-refractivity contribution < 1.29 is 19.5 Å². The van der Waals surface area contributed by atoms with Gasteiger partial charge >= 0.3 is 5.97 Å². The maximum absolute atomic E-state index is 12.0. The Kier molecular flexibility index (Phi) is 7.54. The predicted molar refractivity (Wildman–Crippen MR) is 87.1 cm³/mol. The van der Waals surface area contributed by atoms with Crippen LogP contribution in [0.25, 0.3) is 0 Å². The van der Waals surface area contributed by atoms with Gasteiger partial charge in [0.05, 0.1) is 19.0 Å². The Morgan fingerprint density at radius 1 is 1.26 bits per heavy atom. The topological polar surface area (TPSA) is 95.5 Å². The van der Waals surface area contributed by atoms with E-state index in [1.807, 2.05) is 6.92 Å². The molecule has 7 heteroatoms. The number of nitrogens with one attached hydrogen (secondary N) is 2. The molecule has 6 nitrogen and oxygen atoms in total. The molecule has 1 aromatic rings. The Balaban J connectivity index is 2.71. The average molecular weight is 341 g/mol. The number of rotatable bonds is 8. The molecule has 0 aliphatic rings. The molecule has 2 amide bonds. The monoisotopic (exact) mass is 340 g/mol. The third-order valence-corrected chi connectivity index (χ3v) is 3.82. The summed E-state index contributed by atoms with van der Waals surface area (Å²) in [5.41, 5.74) is 0.526. The minimum Gasteiger partial charge on any atom is -0.481 e. The quantitative estimate of drug-likeness (QED) is 0.675. The highest BCUT2D eigenvalue weighted by atomic mass is 35.5. The summed E-state index contributed by atoms with van der Waals surface area (Å²) in [6.45, 7) is 3.44. The van der Waals surface area contributed by atoms with E-state index >= 15 is 0 Å². The van der Waals surface area contributed by atoms with Crippen LogP contribution >= 0.6 is 11.6 Å². The molecule has 0 aliphatic carbocycles. The second-order valence-corrected chi connectivity index (χ2v) is 5.67. The summed E-state index contributed by atoms with van der Waals surface area (Å²) in [6.07, 6.45) is 0.378. The van der Waals surface area contributed by atoms with Crippen molar-refractivity contribution in [2.45, 2.75) is 32.7 Å². The van der Waals surface area contributed by atoms with Crippen molar-refractivity contribution in [2.75, 3.05) is 6.54 Å². The van der Waals surface area contributed by atoms with Crippen LogP contribution < -0.4 is 10.6 Å². The van der Waals surface area contributed by atoms with Crippen LogP contribution in [0.3, 0.4) is 0 Å². The van der Waals surface area contributed by atoms with Crippen molar-refractivity contribution in [2.24, 2.45) is 5.92 Å². The second kappa shape index (κ2) is 9.15. The molecule has 1 aromatic carbocycles. The number of carbonyl (C=O) groups excluding carboxylic acids is 2. The third kappa shape index (κ3) is 6.28. The Hall–Kier alpha value is -2.08. The Bertz CT molecular complexity index is 577. The zero-order valence-corrected chi connectivity index (χ0v) is 13.9. The number of carboxylic acids is 1. The number of carboxylic acid groups (broad SMARTS) is 1. The second-order valence-electron chi connectivity index (χ2n) is 5.27. The van der Waals surface area contributed by atoms with Crippen molar-refractivity contribution >= 4 is 29.4 Å². The Labute approximate surface area is 140 Å². The number of amides is 2. The van der Waals surface area contributed by atoms with E-state index in [0.29, 0.717) is 17.0 Å². The maximum Gasteiger partial charge on any atom is 0.305 e. The van der Waals surface area contributed by atoms with Gasteiger partial charge in [-0.25, -0.2) is 0 Å². The largest absolute Gasteiger partial charge is 0.481 e. The van der Waals surface area contributed by atoms with Crippen LogP contribution in [-0.4, -0.2) is 29.4 Å². The summed E-state index contributed by atoms with van der Waals surface area (Å²) in [6, 6.07) is 5.97. The van der Waals surface area contributed by atoms with E-state index in [9.17, 15) is 14.4 Å². The number of benzene rings is 1. The van der Waals surface area contributed by atoms with Crippen molar-refractivity contribution in [3.63, 3.8) is 0 Å². The van der Waals surface area contributed by atoms with E-state index in [1.54, 1.807) is 31.2 Å². The van der Waals surface area contributed by atoms with E-state index in [2.05, 4.69) is 10.6 Å². The molecule has 0 aromatic heterocycles. The van der Waals surface area contributed by atoms with Gasteiger partial charge in [0.1, 0.15) is 0 Å². The fourth-order valence-electron chi connectivity index (χ4n) is 1.94. The van der Waals surface area contributed by atoms with Crippen LogP contribution in [0.2, 0.25) is 5.02 Å². The molecule has 126 valence electrons. The average Bonchev–Trinajstić information content (AvgIpc) is 2.51. The predicted octanol–water partition coefficient (Wildman–Crippen LogP) is 2.13. The van der Waals surface area contributed by atoms with Gasteiger partial charge in [-0.2, -0.15) is 0 Å². The molecule has 0 saturated carbocycles. The number of hydrogen-bond donors (Lipinski definition) is 3. The van der Waals surface area contributed by atoms with Crippen molar-refractivity contribution in [1.82, 2.24) is 10.6 Å². The van der Waals surface area contributed by atoms with E-state index in [4.69, 9.17) is 16.7 Å². The fraction of sp³-hybridized carbons (Fsp3) is 0.438. The lowest BCUT2D eigenvalue weighted by Gasteiger charge is -2.19. The van der Waals surface area contributed by atoms with E-state index in [1.165, 1.54) is 0 Å². The van der Waals surface area contributed by atoms with Gasteiger partial charge in [0.25, 0.3) is 0 Å². The summed E-state index contributed by atoms with van der Waals surface area (Å²) >= 11 is 6.06.